The number of rotatable bonds is 7. The van der Waals surface area contributed by atoms with E-state index in [2.05, 4.69) is 56.5 Å². The van der Waals surface area contributed by atoms with Crippen molar-refractivity contribution in [2.24, 2.45) is 0 Å². The van der Waals surface area contributed by atoms with Crippen LogP contribution < -0.4 is 5.32 Å². The third-order valence-electron chi connectivity index (χ3n) is 3.70. The van der Waals surface area contributed by atoms with Crippen molar-refractivity contribution in [3.8, 4) is 0 Å². The summed E-state index contributed by atoms with van der Waals surface area (Å²) in [6.45, 7) is 12.7. The second-order valence-corrected chi connectivity index (χ2v) is 7.30. The summed E-state index contributed by atoms with van der Waals surface area (Å²) in [5, 5.41) is 11.9. The normalized spacial score (nSPS) is 12.9. The van der Waals surface area contributed by atoms with Crippen molar-refractivity contribution < 1.29 is 0 Å². The Bertz CT molecular complexity index is 369. The lowest BCUT2D eigenvalue weighted by molar-refractivity contribution is 0.347. The quantitative estimate of drug-likeness (QED) is 0.835. The Labute approximate surface area is 121 Å². The minimum atomic E-state index is 0.00111. The summed E-state index contributed by atoms with van der Waals surface area (Å²) in [5.74, 6) is 0. The molecule has 0 radical (unpaired) electrons. The lowest BCUT2D eigenvalue weighted by Gasteiger charge is -2.29. The molecular formula is C14H28N4S. The highest BCUT2D eigenvalue weighted by Crippen LogP contribution is 2.29. The fourth-order valence-corrected chi connectivity index (χ4v) is 2.81. The molecular weight excluding hydrogens is 256 g/mol. The van der Waals surface area contributed by atoms with Crippen LogP contribution in [-0.4, -0.2) is 32.5 Å². The van der Waals surface area contributed by atoms with E-state index in [0.29, 0.717) is 4.75 Å². The first-order valence-electron chi connectivity index (χ1n) is 7.04. The average molecular weight is 284 g/mol. The van der Waals surface area contributed by atoms with Gasteiger partial charge in [-0.15, -0.1) is 5.10 Å². The fraction of sp³-hybridized carbons (Fsp3) is 0.857. The third kappa shape index (κ3) is 4.49. The highest BCUT2D eigenvalue weighted by atomic mass is 32.2. The number of nitrogens with zero attached hydrogens (tertiary/aromatic N) is 3. The van der Waals surface area contributed by atoms with E-state index in [0.717, 1.165) is 18.8 Å². The van der Waals surface area contributed by atoms with Crippen LogP contribution in [0.1, 0.15) is 53.2 Å². The number of hydrogen-bond acceptors (Lipinski definition) is 4. The van der Waals surface area contributed by atoms with Crippen LogP contribution >= 0.6 is 11.8 Å². The van der Waals surface area contributed by atoms with Gasteiger partial charge in [-0.05, 0) is 39.9 Å². The summed E-state index contributed by atoms with van der Waals surface area (Å²) in [6, 6.07) is 0. The van der Waals surface area contributed by atoms with Crippen LogP contribution in [-0.2, 0) is 12.1 Å². The smallest absolute Gasteiger partial charge is 0.0965 e. The molecule has 0 atom stereocenters. The zero-order valence-corrected chi connectivity index (χ0v) is 14.0. The van der Waals surface area contributed by atoms with Gasteiger partial charge < -0.3 is 5.32 Å². The molecule has 0 aliphatic heterocycles. The summed E-state index contributed by atoms with van der Waals surface area (Å²) < 4.78 is 2.27. The van der Waals surface area contributed by atoms with E-state index in [9.17, 15) is 0 Å². The van der Waals surface area contributed by atoms with Crippen LogP contribution in [0.5, 0.6) is 0 Å². The number of aromatic nitrogens is 3. The van der Waals surface area contributed by atoms with Gasteiger partial charge in [0.1, 0.15) is 0 Å². The van der Waals surface area contributed by atoms with E-state index in [1.54, 1.807) is 0 Å². The molecule has 1 aromatic rings. The Hall–Kier alpha value is -0.550. The molecule has 0 unspecified atom stereocenters. The van der Waals surface area contributed by atoms with Gasteiger partial charge in [0.25, 0.3) is 0 Å². The molecule has 0 aliphatic rings. The zero-order chi connectivity index (χ0) is 14.5. The van der Waals surface area contributed by atoms with E-state index < -0.39 is 0 Å². The molecule has 0 aliphatic carbocycles. The van der Waals surface area contributed by atoms with Gasteiger partial charge in [-0.1, -0.05) is 19.1 Å². The molecule has 1 rings (SSSR count). The molecule has 110 valence electrons. The van der Waals surface area contributed by atoms with Gasteiger partial charge >= 0.3 is 0 Å². The van der Waals surface area contributed by atoms with E-state index in [-0.39, 0.29) is 5.54 Å². The van der Waals surface area contributed by atoms with Crippen molar-refractivity contribution in [3.05, 3.63) is 11.9 Å². The molecule has 0 amide bonds. The molecule has 1 aromatic heterocycles. The van der Waals surface area contributed by atoms with E-state index in [1.165, 1.54) is 12.8 Å². The van der Waals surface area contributed by atoms with Crippen LogP contribution in [0.2, 0.25) is 0 Å². The average Bonchev–Trinajstić information content (AvgIpc) is 2.84. The highest BCUT2D eigenvalue weighted by molar-refractivity contribution is 8.00. The van der Waals surface area contributed by atoms with Crippen molar-refractivity contribution in [1.82, 2.24) is 20.3 Å². The molecule has 0 aromatic carbocycles. The predicted octanol–water partition coefficient (Wildman–Crippen LogP) is 3.04. The van der Waals surface area contributed by atoms with Crippen LogP contribution in [0, 0.1) is 0 Å². The number of thioether (sulfide) groups is 1. The van der Waals surface area contributed by atoms with Gasteiger partial charge in [-0.3, -0.25) is 0 Å². The molecule has 0 spiro atoms. The lowest BCUT2D eigenvalue weighted by Crippen LogP contribution is -2.36. The first-order chi connectivity index (χ1) is 8.87. The zero-order valence-electron chi connectivity index (χ0n) is 13.2. The van der Waals surface area contributed by atoms with Gasteiger partial charge in [0, 0.05) is 17.8 Å². The maximum absolute atomic E-state index is 4.22. The SMILES string of the molecule is CCC(CC)(CNCc1cn(C(C)(C)C)nn1)SC. The molecule has 0 bridgehead atoms. The Morgan fingerprint density at radius 1 is 1.26 bits per heavy atom. The Balaban J connectivity index is 2.51. The first-order valence-corrected chi connectivity index (χ1v) is 8.27. The topological polar surface area (TPSA) is 42.7 Å². The van der Waals surface area contributed by atoms with Crippen LogP contribution in [0.15, 0.2) is 6.20 Å². The van der Waals surface area contributed by atoms with Crippen LogP contribution in [0.3, 0.4) is 0 Å². The predicted molar refractivity (Wildman–Crippen MR) is 83.6 cm³/mol. The summed E-state index contributed by atoms with van der Waals surface area (Å²) in [4.78, 5) is 0. The fourth-order valence-electron chi connectivity index (χ4n) is 1.99. The third-order valence-corrected chi connectivity index (χ3v) is 5.29. The van der Waals surface area contributed by atoms with E-state index >= 15 is 0 Å². The largest absolute Gasteiger partial charge is 0.310 e. The highest BCUT2D eigenvalue weighted by Gasteiger charge is 2.24. The molecule has 5 heteroatoms. The van der Waals surface area contributed by atoms with Crippen molar-refractivity contribution in [3.63, 3.8) is 0 Å². The molecule has 4 nitrogen and oxygen atoms in total. The number of nitrogens with one attached hydrogen (secondary N) is 1. The second kappa shape index (κ2) is 6.75. The molecule has 0 saturated carbocycles. The van der Waals surface area contributed by atoms with Crippen molar-refractivity contribution in [1.29, 1.82) is 0 Å². The van der Waals surface area contributed by atoms with E-state index in [4.69, 9.17) is 0 Å². The van der Waals surface area contributed by atoms with Gasteiger partial charge in [-0.25, -0.2) is 4.68 Å². The van der Waals surface area contributed by atoms with Gasteiger partial charge in [0.05, 0.1) is 17.4 Å². The monoisotopic (exact) mass is 284 g/mol. The first kappa shape index (κ1) is 16.5. The number of hydrogen-bond donors (Lipinski definition) is 1. The summed E-state index contributed by atoms with van der Waals surface area (Å²) in [6.07, 6.45) is 6.61. The molecule has 0 saturated heterocycles. The van der Waals surface area contributed by atoms with Gasteiger partial charge in [-0.2, -0.15) is 11.8 Å². The molecule has 19 heavy (non-hydrogen) atoms. The maximum atomic E-state index is 4.22. The molecule has 1 heterocycles. The van der Waals surface area contributed by atoms with Crippen LogP contribution in [0.25, 0.3) is 0 Å². The maximum Gasteiger partial charge on any atom is 0.0965 e. The van der Waals surface area contributed by atoms with Crippen LogP contribution in [0.4, 0.5) is 0 Å². The summed E-state index contributed by atoms with van der Waals surface area (Å²) in [7, 11) is 0. The molecule has 0 fully saturated rings. The van der Waals surface area contributed by atoms with Gasteiger partial charge in [0.2, 0.25) is 0 Å². The van der Waals surface area contributed by atoms with Crippen molar-refractivity contribution >= 4 is 11.8 Å². The Kier molecular flexibility index (Phi) is 5.86. The minimum Gasteiger partial charge on any atom is -0.310 e. The van der Waals surface area contributed by atoms with E-state index in [1.807, 2.05) is 22.6 Å². The van der Waals surface area contributed by atoms with Crippen molar-refractivity contribution in [2.45, 2.75) is 64.3 Å². The summed E-state index contributed by atoms with van der Waals surface area (Å²) in [5.41, 5.74) is 1.01. The molecule has 1 N–H and O–H groups in total. The lowest BCUT2D eigenvalue weighted by atomic mass is 10.0. The minimum absolute atomic E-state index is 0.00111. The van der Waals surface area contributed by atoms with Gasteiger partial charge in [0.15, 0.2) is 0 Å². The Morgan fingerprint density at radius 3 is 2.32 bits per heavy atom. The second-order valence-electron chi connectivity index (χ2n) is 6.02. The Morgan fingerprint density at radius 2 is 1.89 bits per heavy atom. The summed E-state index contributed by atoms with van der Waals surface area (Å²) >= 11 is 1.96. The standard InChI is InChI=1S/C14H28N4S/c1-7-14(8-2,19-6)11-15-9-12-10-18(17-16-12)13(3,4)5/h10,15H,7-9,11H2,1-6H3. The van der Waals surface area contributed by atoms with Crippen molar-refractivity contribution in [2.75, 3.05) is 12.8 Å².